The zero-order chi connectivity index (χ0) is 17.7. The first-order valence-corrected chi connectivity index (χ1v) is 9.78. The Balaban J connectivity index is 2.24. The number of sulfonamides is 1. The first-order chi connectivity index (χ1) is 11.4. The molecule has 0 aliphatic heterocycles. The van der Waals surface area contributed by atoms with Crippen molar-refractivity contribution in [2.45, 2.75) is 24.7 Å². The van der Waals surface area contributed by atoms with Crippen LogP contribution in [0.2, 0.25) is 0 Å². The second kappa shape index (κ2) is 7.92. The Labute approximate surface area is 150 Å². The summed E-state index contributed by atoms with van der Waals surface area (Å²) in [5.41, 5.74) is 2.12. The Bertz CT molecular complexity index is 833. The second-order valence-corrected chi connectivity index (χ2v) is 7.99. The summed E-state index contributed by atoms with van der Waals surface area (Å²) in [5, 5.41) is 2.78. The van der Waals surface area contributed by atoms with Gasteiger partial charge in [0.05, 0.1) is 10.5 Å². The second-order valence-electron chi connectivity index (χ2n) is 5.25. The molecular formula is C17H19BrN2O3S. The van der Waals surface area contributed by atoms with Gasteiger partial charge in [-0.1, -0.05) is 25.5 Å². The van der Waals surface area contributed by atoms with Crippen molar-refractivity contribution in [1.82, 2.24) is 4.72 Å². The highest BCUT2D eigenvalue weighted by Crippen LogP contribution is 2.22. The maximum Gasteiger partial charge on any atom is 0.256 e. The van der Waals surface area contributed by atoms with E-state index in [4.69, 9.17) is 0 Å². The normalized spacial score (nSPS) is 11.3. The summed E-state index contributed by atoms with van der Waals surface area (Å²) in [4.78, 5) is 12.5. The van der Waals surface area contributed by atoms with Crippen LogP contribution in [0.4, 0.5) is 5.69 Å². The van der Waals surface area contributed by atoms with Crippen molar-refractivity contribution in [2.24, 2.45) is 0 Å². The van der Waals surface area contributed by atoms with Crippen molar-refractivity contribution in [3.63, 3.8) is 0 Å². The summed E-state index contributed by atoms with van der Waals surface area (Å²) in [6, 6.07) is 11.9. The predicted octanol–water partition coefficient (Wildman–Crippen LogP) is 3.56. The molecule has 0 saturated carbocycles. The highest BCUT2D eigenvalue weighted by Gasteiger charge is 2.17. The van der Waals surface area contributed by atoms with Crippen LogP contribution in [0.15, 0.2) is 51.8 Å². The van der Waals surface area contributed by atoms with Crippen molar-refractivity contribution < 1.29 is 13.2 Å². The van der Waals surface area contributed by atoms with Gasteiger partial charge in [-0.15, -0.1) is 0 Å². The van der Waals surface area contributed by atoms with Gasteiger partial charge in [0, 0.05) is 10.2 Å². The molecule has 0 bridgehead atoms. The van der Waals surface area contributed by atoms with Gasteiger partial charge in [-0.2, -0.15) is 0 Å². The molecule has 0 radical (unpaired) electrons. The lowest BCUT2D eigenvalue weighted by atomic mass is 10.1. The summed E-state index contributed by atoms with van der Waals surface area (Å²) in [6.07, 6.45) is 2.05. The lowest BCUT2D eigenvalue weighted by Crippen LogP contribution is -2.20. The van der Waals surface area contributed by atoms with Gasteiger partial charge in [0.15, 0.2) is 0 Å². The lowest BCUT2D eigenvalue weighted by molar-refractivity contribution is 0.102. The molecule has 1 amide bonds. The molecule has 0 aliphatic rings. The van der Waals surface area contributed by atoms with Crippen LogP contribution in [0, 0.1) is 0 Å². The number of carbonyl (C=O) groups is 1. The molecule has 0 spiro atoms. The topological polar surface area (TPSA) is 75.3 Å². The fraction of sp³-hybridized carbons (Fsp3) is 0.235. The highest BCUT2D eigenvalue weighted by molar-refractivity contribution is 9.10. The minimum Gasteiger partial charge on any atom is -0.322 e. The maximum absolute atomic E-state index is 12.5. The fourth-order valence-electron chi connectivity index (χ4n) is 2.21. The van der Waals surface area contributed by atoms with E-state index in [9.17, 15) is 13.2 Å². The number of anilines is 1. The smallest absolute Gasteiger partial charge is 0.256 e. The third-order valence-corrected chi connectivity index (χ3v) is 5.62. The minimum absolute atomic E-state index is 0.0386. The highest BCUT2D eigenvalue weighted by atomic mass is 79.9. The van der Waals surface area contributed by atoms with Crippen LogP contribution < -0.4 is 10.0 Å². The van der Waals surface area contributed by atoms with Gasteiger partial charge in [0.1, 0.15) is 0 Å². The monoisotopic (exact) mass is 410 g/mol. The van der Waals surface area contributed by atoms with E-state index in [0.717, 1.165) is 12.8 Å². The predicted molar refractivity (Wildman–Crippen MR) is 98.8 cm³/mol. The molecule has 128 valence electrons. The number of hydrogen-bond donors (Lipinski definition) is 2. The first-order valence-electron chi connectivity index (χ1n) is 7.50. The van der Waals surface area contributed by atoms with E-state index >= 15 is 0 Å². The summed E-state index contributed by atoms with van der Waals surface area (Å²) in [5.74, 6) is -0.377. The van der Waals surface area contributed by atoms with Gasteiger partial charge in [-0.25, -0.2) is 13.1 Å². The van der Waals surface area contributed by atoms with E-state index in [1.54, 1.807) is 6.07 Å². The summed E-state index contributed by atoms with van der Waals surface area (Å²) in [6.45, 7) is 2.11. The molecule has 2 rings (SSSR count). The van der Waals surface area contributed by atoms with Crippen molar-refractivity contribution in [3.8, 4) is 0 Å². The van der Waals surface area contributed by atoms with E-state index in [1.165, 1.54) is 24.7 Å². The quantitative estimate of drug-likeness (QED) is 0.763. The minimum atomic E-state index is -3.61. The number of nitrogens with one attached hydrogen (secondary N) is 2. The van der Waals surface area contributed by atoms with Gasteiger partial charge in [-0.3, -0.25) is 4.79 Å². The summed E-state index contributed by atoms with van der Waals surface area (Å²) in [7, 11) is -2.28. The van der Waals surface area contributed by atoms with Crippen LogP contribution in [-0.2, 0) is 16.4 Å². The van der Waals surface area contributed by atoms with Crippen molar-refractivity contribution in [3.05, 3.63) is 58.1 Å². The maximum atomic E-state index is 12.5. The molecule has 0 fully saturated rings. The average molecular weight is 411 g/mol. The molecule has 0 unspecified atom stereocenters. The largest absolute Gasteiger partial charge is 0.322 e. The number of amides is 1. The van der Waals surface area contributed by atoms with E-state index in [1.807, 2.05) is 24.3 Å². The Morgan fingerprint density at radius 2 is 1.79 bits per heavy atom. The van der Waals surface area contributed by atoms with Gasteiger partial charge >= 0.3 is 0 Å². The first kappa shape index (κ1) is 18.6. The number of carbonyl (C=O) groups excluding carboxylic acids is 1. The molecule has 0 saturated heterocycles. The third-order valence-electron chi connectivity index (χ3n) is 3.51. The molecule has 0 atom stereocenters. The number of hydrogen-bond acceptors (Lipinski definition) is 3. The number of halogens is 1. The molecule has 2 aromatic rings. The van der Waals surface area contributed by atoms with Gasteiger partial charge in [0.25, 0.3) is 5.91 Å². The van der Waals surface area contributed by atoms with Crippen LogP contribution in [0.1, 0.15) is 29.3 Å². The van der Waals surface area contributed by atoms with E-state index < -0.39 is 10.0 Å². The Hall–Kier alpha value is -1.70. The molecule has 7 heteroatoms. The zero-order valence-electron chi connectivity index (χ0n) is 13.5. The third kappa shape index (κ3) is 4.43. The van der Waals surface area contributed by atoms with Crippen LogP contribution in [0.3, 0.4) is 0 Å². The molecule has 5 nitrogen and oxygen atoms in total. The van der Waals surface area contributed by atoms with Crippen molar-refractivity contribution >= 4 is 37.5 Å². The standard InChI is InChI=1S/C17H19BrN2O3S/c1-3-4-12-5-7-13(8-6-12)20-17(21)15-11-14(9-10-16(15)18)24(22,23)19-2/h5-11,19H,3-4H2,1-2H3,(H,20,21). The van der Waals surface area contributed by atoms with Crippen molar-refractivity contribution in [1.29, 1.82) is 0 Å². The molecular weight excluding hydrogens is 392 g/mol. The van der Waals surface area contributed by atoms with E-state index in [0.29, 0.717) is 10.2 Å². The van der Waals surface area contributed by atoms with Gasteiger partial charge in [-0.05, 0) is 65.3 Å². The summed E-state index contributed by atoms with van der Waals surface area (Å²) >= 11 is 3.29. The Morgan fingerprint density at radius 1 is 1.12 bits per heavy atom. The number of rotatable bonds is 6. The molecule has 2 aromatic carbocycles. The van der Waals surface area contributed by atoms with Crippen LogP contribution in [0.25, 0.3) is 0 Å². The molecule has 0 aliphatic carbocycles. The Morgan fingerprint density at radius 3 is 2.38 bits per heavy atom. The number of aryl methyl sites for hydroxylation is 1. The van der Waals surface area contributed by atoms with Crippen LogP contribution in [-0.4, -0.2) is 21.4 Å². The summed E-state index contributed by atoms with van der Waals surface area (Å²) < 4.78 is 26.5. The fourth-order valence-corrected chi connectivity index (χ4v) is 3.39. The van der Waals surface area contributed by atoms with Crippen LogP contribution >= 0.6 is 15.9 Å². The van der Waals surface area contributed by atoms with Crippen LogP contribution in [0.5, 0.6) is 0 Å². The zero-order valence-corrected chi connectivity index (χ0v) is 15.9. The lowest BCUT2D eigenvalue weighted by Gasteiger charge is -2.10. The van der Waals surface area contributed by atoms with Gasteiger partial charge in [0.2, 0.25) is 10.0 Å². The van der Waals surface area contributed by atoms with E-state index in [-0.39, 0.29) is 16.4 Å². The molecule has 0 heterocycles. The van der Waals surface area contributed by atoms with E-state index in [2.05, 4.69) is 32.9 Å². The Kier molecular flexibility index (Phi) is 6.15. The SMILES string of the molecule is CCCc1ccc(NC(=O)c2cc(S(=O)(=O)NC)ccc2Br)cc1. The van der Waals surface area contributed by atoms with Crippen molar-refractivity contribution in [2.75, 3.05) is 12.4 Å². The number of benzene rings is 2. The van der Waals surface area contributed by atoms with Gasteiger partial charge < -0.3 is 5.32 Å². The molecule has 24 heavy (non-hydrogen) atoms. The molecule has 0 aromatic heterocycles. The average Bonchev–Trinajstić information content (AvgIpc) is 2.57. The molecule has 2 N–H and O–H groups in total.